The molecule has 8 heteroatoms. The molecule has 1 aliphatic rings. The summed E-state index contributed by atoms with van der Waals surface area (Å²) < 4.78 is 7.10. The van der Waals surface area contributed by atoms with E-state index in [-0.39, 0.29) is 18.4 Å². The van der Waals surface area contributed by atoms with E-state index in [0.717, 1.165) is 5.56 Å². The number of amides is 2. The topological polar surface area (TPSA) is 76.5 Å². The van der Waals surface area contributed by atoms with Crippen LogP contribution in [0, 0.1) is 6.92 Å². The molecule has 3 aromatic rings. The number of aryl methyl sites for hydroxylation is 1. The van der Waals surface area contributed by atoms with Crippen molar-refractivity contribution in [2.45, 2.75) is 32.5 Å². The van der Waals surface area contributed by atoms with Crippen LogP contribution in [0.5, 0.6) is 5.75 Å². The van der Waals surface area contributed by atoms with Crippen molar-refractivity contribution in [3.8, 4) is 5.75 Å². The first-order valence-corrected chi connectivity index (χ1v) is 10.3. The highest BCUT2D eigenvalue weighted by Gasteiger charge is 2.49. The molecule has 2 aromatic carbocycles. The molecule has 0 bridgehead atoms. The molecular formula is C23H23ClN4O3. The van der Waals surface area contributed by atoms with Crippen LogP contribution < -0.4 is 15.0 Å². The van der Waals surface area contributed by atoms with Crippen molar-refractivity contribution >= 4 is 29.1 Å². The Morgan fingerprint density at radius 1 is 1.23 bits per heavy atom. The number of aromatic nitrogens is 2. The van der Waals surface area contributed by atoms with E-state index in [1.54, 1.807) is 49.0 Å². The van der Waals surface area contributed by atoms with Crippen LogP contribution >= 0.6 is 11.6 Å². The summed E-state index contributed by atoms with van der Waals surface area (Å²) in [4.78, 5) is 28.6. The number of hydrogen-bond donors (Lipinski definition) is 1. The van der Waals surface area contributed by atoms with Gasteiger partial charge in [0, 0.05) is 11.6 Å². The molecule has 1 N–H and O–H groups in total. The number of carbonyl (C=O) groups is 2. The third-order valence-electron chi connectivity index (χ3n) is 5.46. The summed E-state index contributed by atoms with van der Waals surface area (Å²) in [6.07, 6.45) is 0. The van der Waals surface area contributed by atoms with Gasteiger partial charge in [-0.15, -0.1) is 0 Å². The van der Waals surface area contributed by atoms with Gasteiger partial charge in [-0.3, -0.25) is 19.2 Å². The highest BCUT2D eigenvalue weighted by molar-refractivity contribution is 6.30. The zero-order valence-electron chi connectivity index (χ0n) is 17.6. The van der Waals surface area contributed by atoms with Crippen molar-refractivity contribution in [3.63, 3.8) is 0 Å². The van der Waals surface area contributed by atoms with Crippen LogP contribution in [0.15, 0.2) is 54.6 Å². The normalized spacial score (nSPS) is 17.9. The van der Waals surface area contributed by atoms with Crippen LogP contribution in [0.1, 0.15) is 28.7 Å². The van der Waals surface area contributed by atoms with E-state index in [0.29, 0.717) is 34.4 Å². The number of fused-ring (bicyclic) bond motifs is 1. The van der Waals surface area contributed by atoms with Gasteiger partial charge in [-0.1, -0.05) is 35.9 Å². The number of carbonyl (C=O) groups excluding carboxylic acids is 2. The monoisotopic (exact) mass is 438 g/mol. The fourth-order valence-corrected chi connectivity index (χ4v) is 4.00. The highest BCUT2D eigenvalue weighted by atomic mass is 35.5. The lowest BCUT2D eigenvalue weighted by atomic mass is 9.93. The molecule has 0 fully saturated rings. The SMILES string of the molecule is COc1ccccc1N1C(=O)c2cc(C)nn2C[C@]1(C)C(=O)NCc1ccc(Cl)cc1. The summed E-state index contributed by atoms with van der Waals surface area (Å²) in [6.45, 7) is 4.09. The van der Waals surface area contributed by atoms with Crippen LogP contribution in [0.2, 0.25) is 5.02 Å². The number of benzene rings is 2. The van der Waals surface area contributed by atoms with Crippen molar-refractivity contribution < 1.29 is 14.3 Å². The fourth-order valence-electron chi connectivity index (χ4n) is 3.88. The molecule has 0 spiro atoms. The Morgan fingerprint density at radius 3 is 2.65 bits per heavy atom. The molecule has 2 heterocycles. The highest BCUT2D eigenvalue weighted by Crippen LogP contribution is 2.38. The van der Waals surface area contributed by atoms with Gasteiger partial charge >= 0.3 is 0 Å². The molecule has 0 saturated carbocycles. The summed E-state index contributed by atoms with van der Waals surface area (Å²) in [5, 5.41) is 8.02. The van der Waals surface area contributed by atoms with Crippen molar-refractivity contribution in [3.05, 3.63) is 76.6 Å². The van der Waals surface area contributed by atoms with Crippen LogP contribution in [0.3, 0.4) is 0 Å². The largest absolute Gasteiger partial charge is 0.495 e. The Labute approximate surface area is 185 Å². The van der Waals surface area contributed by atoms with Crippen molar-refractivity contribution in [2.75, 3.05) is 12.0 Å². The number of anilines is 1. The smallest absolute Gasteiger partial charge is 0.277 e. The summed E-state index contributed by atoms with van der Waals surface area (Å²) in [5.41, 5.74) is 1.37. The standard InChI is InChI=1S/C23H23ClN4O3/c1-15-12-19-21(29)28(18-6-4-5-7-20(18)31-3)23(2,14-27(19)26-15)22(30)25-13-16-8-10-17(24)11-9-16/h4-12H,13-14H2,1-3H3,(H,25,30)/t23-/m1/s1. The summed E-state index contributed by atoms with van der Waals surface area (Å²) in [7, 11) is 1.54. The van der Waals surface area contributed by atoms with Gasteiger partial charge in [-0.05, 0) is 49.7 Å². The van der Waals surface area contributed by atoms with Crippen molar-refractivity contribution in [1.82, 2.24) is 15.1 Å². The molecular weight excluding hydrogens is 416 g/mol. The first-order valence-electron chi connectivity index (χ1n) is 9.88. The average molecular weight is 439 g/mol. The van der Waals surface area contributed by atoms with Gasteiger partial charge < -0.3 is 10.1 Å². The van der Waals surface area contributed by atoms with Gasteiger partial charge in [0.15, 0.2) is 0 Å². The maximum atomic E-state index is 13.5. The van der Waals surface area contributed by atoms with E-state index in [2.05, 4.69) is 10.4 Å². The quantitative estimate of drug-likeness (QED) is 0.660. The Bertz CT molecular complexity index is 1140. The number of rotatable bonds is 5. The minimum atomic E-state index is -1.22. The number of halogens is 1. The van der Waals surface area contributed by atoms with Gasteiger partial charge in [0.25, 0.3) is 5.91 Å². The van der Waals surface area contributed by atoms with E-state index in [1.165, 1.54) is 4.90 Å². The van der Waals surface area contributed by atoms with Crippen molar-refractivity contribution in [1.29, 1.82) is 0 Å². The second-order valence-corrected chi connectivity index (χ2v) is 8.16. The molecule has 1 aliphatic heterocycles. The summed E-state index contributed by atoms with van der Waals surface area (Å²) >= 11 is 5.95. The minimum absolute atomic E-state index is 0.215. The second kappa shape index (κ2) is 8.07. The summed E-state index contributed by atoms with van der Waals surface area (Å²) in [5.74, 6) is -0.0849. The number of methoxy groups -OCH3 is 1. The van der Waals surface area contributed by atoms with Crippen molar-refractivity contribution in [2.24, 2.45) is 0 Å². The Morgan fingerprint density at radius 2 is 1.94 bits per heavy atom. The van der Waals surface area contributed by atoms with E-state index in [9.17, 15) is 9.59 Å². The van der Waals surface area contributed by atoms with E-state index in [1.807, 2.05) is 31.2 Å². The predicted octanol–water partition coefficient (Wildman–Crippen LogP) is 3.59. The second-order valence-electron chi connectivity index (χ2n) is 7.72. The number of para-hydroxylation sites is 2. The lowest BCUT2D eigenvalue weighted by molar-refractivity contribution is -0.126. The van der Waals surface area contributed by atoms with Gasteiger partial charge in [0.2, 0.25) is 5.91 Å². The number of nitrogens with zero attached hydrogens (tertiary/aromatic N) is 3. The lowest BCUT2D eigenvalue weighted by Gasteiger charge is -2.43. The molecule has 1 aromatic heterocycles. The molecule has 7 nitrogen and oxygen atoms in total. The van der Waals surface area contributed by atoms with Gasteiger partial charge in [0.05, 0.1) is 25.0 Å². The lowest BCUT2D eigenvalue weighted by Crippen LogP contribution is -2.64. The molecule has 31 heavy (non-hydrogen) atoms. The predicted molar refractivity (Wildman–Crippen MR) is 118 cm³/mol. The maximum Gasteiger partial charge on any atom is 0.277 e. The van der Waals surface area contributed by atoms with Gasteiger partial charge in [0.1, 0.15) is 17.0 Å². The number of nitrogens with one attached hydrogen (secondary N) is 1. The Hall–Kier alpha value is -3.32. The van der Waals surface area contributed by atoms with E-state index >= 15 is 0 Å². The third kappa shape index (κ3) is 3.77. The summed E-state index contributed by atoms with van der Waals surface area (Å²) in [6, 6.07) is 16.2. The first kappa shape index (κ1) is 20.9. The molecule has 0 aliphatic carbocycles. The molecule has 4 rings (SSSR count). The van der Waals surface area contributed by atoms with Crippen LogP contribution in [-0.2, 0) is 17.9 Å². The minimum Gasteiger partial charge on any atom is -0.495 e. The number of ether oxygens (including phenoxy) is 1. The Balaban J connectivity index is 1.73. The van der Waals surface area contributed by atoms with Gasteiger partial charge in [-0.25, -0.2) is 0 Å². The molecule has 160 valence electrons. The molecule has 0 saturated heterocycles. The molecule has 0 unspecified atom stereocenters. The number of hydrogen-bond acceptors (Lipinski definition) is 4. The Kier molecular flexibility index (Phi) is 5.45. The third-order valence-corrected chi connectivity index (χ3v) is 5.71. The fraction of sp³-hybridized carbons (Fsp3) is 0.261. The molecule has 1 atom stereocenters. The van der Waals surface area contributed by atoms with Crippen LogP contribution in [0.4, 0.5) is 5.69 Å². The first-order chi connectivity index (χ1) is 14.8. The van der Waals surface area contributed by atoms with Crippen LogP contribution in [-0.4, -0.2) is 34.2 Å². The molecule has 0 radical (unpaired) electrons. The maximum absolute atomic E-state index is 13.5. The van der Waals surface area contributed by atoms with E-state index in [4.69, 9.17) is 16.3 Å². The zero-order valence-corrected chi connectivity index (χ0v) is 18.3. The van der Waals surface area contributed by atoms with Gasteiger partial charge in [-0.2, -0.15) is 5.10 Å². The van der Waals surface area contributed by atoms with E-state index < -0.39 is 5.54 Å². The van der Waals surface area contributed by atoms with Crippen LogP contribution in [0.25, 0.3) is 0 Å². The zero-order chi connectivity index (χ0) is 22.2. The average Bonchev–Trinajstić information content (AvgIpc) is 3.13. The molecule has 2 amide bonds.